The Morgan fingerprint density at radius 3 is 2.62 bits per heavy atom. The first-order chi connectivity index (χ1) is 14.2. The second-order valence-electron chi connectivity index (χ2n) is 7.20. The van der Waals surface area contributed by atoms with Gasteiger partial charge in [0.1, 0.15) is 0 Å². The van der Waals surface area contributed by atoms with Gasteiger partial charge in [0.15, 0.2) is 11.5 Å². The van der Waals surface area contributed by atoms with E-state index in [1.54, 1.807) is 13.2 Å². The standard InChI is InChI=1S/C24H30N2O3/c1-28-23-19-20(12-14-24(27)25-21-9-4-2-5-10-21)11-13-22(23)29-18-8-17-26-15-6-3-7-16-26/h2,4-5,9-14,19H,3,6-8,15-18H2,1H3,(H,25,27)/b14-12+. The fraction of sp³-hybridized carbons (Fsp3) is 0.375. The Balaban J connectivity index is 1.49. The fourth-order valence-corrected chi connectivity index (χ4v) is 3.44. The predicted molar refractivity (Wildman–Crippen MR) is 118 cm³/mol. The number of carbonyl (C=O) groups is 1. The SMILES string of the molecule is COc1cc(/C=C/C(=O)Nc2ccccc2)ccc1OCCCN1CCCCC1. The minimum atomic E-state index is -0.173. The van der Waals surface area contributed by atoms with Crippen LogP contribution in [0.25, 0.3) is 6.08 Å². The van der Waals surface area contributed by atoms with Crippen molar-refractivity contribution in [3.8, 4) is 11.5 Å². The maximum Gasteiger partial charge on any atom is 0.248 e. The molecule has 0 atom stereocenters. The largest absolute Gasteiger partial charge is 0.493 e. The van der Waals surface area contributed by atoms with Gasteiger partial charge >= 0.3 is 0 Å². The van der Waals surface area contributed by atoms with Crippen LogP contribution in [0.5, 0.6) is 11.5 Å². The minimum absolute atomic E-state index is 0.173. The lowest BCUT2D eigenvalue weighted by Gasteiger charge is -2.26. The van der Waals surface area contributed by atoms with E-state index in [0.717, 1.165) is 30.0 Å². The molecule has 3 rings (SSSR count). The maximum absolute atomic E-state index is 12.1. The number of nitrogens with one attached hydrogen (secondary N) is 1. The van der Waals surface area contributed by atoms with E-state index in [0.29, 0.717) is 12.4 Å². The number of hydrogen-bond acceptors (Lipinski definition) is 4. The predicted octanol–water partition coefficient (Wildman–Crippen LogP) is 4.60. The molecule has 1 fully saturated rings. The Labute approximate surface area is 173 Å². The van der Waals surface area contributed by atoms with E-state index in [1.165, 1.54) is 38.4 Å². The van der Waals surface area contributed by atoms with Crippen LogP contribution in [0.15, 0.2) is 54.6 Å². The van der Waals surface area contributed by atoms with Gasteiger partial charge in [-0.25, -0.2) is 0 Å². The number of amides is 1. The van der Waals surface area contributed by atoms with Crippen LogP contribution >= 0.6 is 0 Å². The molecule has 1 aliphatic rings. The monoisotopic (exact) mass is 394 g/mol. The maximum atomic E-state index is 12.1. The minimum Gasteiger partial charge on any atom is -0.493 e. The highest BCUT2D eigenvalue weighted by atomic mass is 16.5. The Hall–Kier alpha value is -2.79. The third-order valence-corrected chi connectivity index (χ3v) is 4.98. The molecule has 29 heavy (non-hydrogen) atoms. The van der Waals surface area contributed by atoms with E-state index in [-0.39, 0.29) is 5.91 Å². The molecule has 1 saturated heterocycles. The number of rotatable bonds is 9. The van der Waals surface area contributed by atoms with E-state index in [2.05, 4.69) is 10.2 Å². The van der Waals surface area contributed by atoms with Crippen LogP contribution in [0.4, 0.5) is 5.69 Å². The fourth-order valence-electron chi connectivity index (χ4n) is 3.44. The average Bonchev–Trinajstić information content (AvgIpc) is 2.77. The number of piperidine rings is 1. The molecule has 0 bridgehead atoms. The normalized spacial score (nSPS) is 14.7. The van der Waals surface area contributed by atoms with E-state index < -0.39 is 0 Å². The summed E-state index contributed by atoms with van der Waals surface area (Å²) in [6.45, 7) is 4.17. The van der Waals surface area contributed by atoms with Crippen molar-refractivity contribution in [3.63, 3.8) is 0 Å². The summed E-state index contributed by atoms with van der Waals surface area (Å²) in [5.41, 5.74) is 1.65. The van der Waals surface area contributed by atoms with Crippen LogP contribution in [-0.4, -0.2) is 44.2 Å². The van der Waals surface area contributed by atoms with Crippen molar-refractivity contribution in [2.24, 2.45) is 0 Å². The number of hydrogen-bond donors (Lipinski definition) is 1. The molecular weight excluding hydrogens is 364 g/mol. The zero-order valence-corrected chi connectivity index (χ0v) is 17.1. The summed E-state index contributed by atoms with van der Waals surface area (Å²) in [5, 5.41) is 2.83. The van der Waals surface area contributed by atoms with Gasteiger partial charge in [-0.1, -0.05) is 30.7 Å². The van der Waals surface area contributed by atoms with Crippen LogP contribution < -0.4 is 14.8 Å². The van der Waals surface area contributed by atoms with E-state index in [1.807, 2.05) is 48.5 Å². The number of methoxy groups -OCH3 is 1. The number of para-hydroxylation sites is 1. The lowest BCUT2D eigenvalue weighted by Crippen LogP contribution is -2.31. The molecule has 1 aliphatic heterocycles. The highest BCUT2D eigenvalue weighted by Crippen LogP contribution is 2.28. The van der Waals surface area contributed by atoms with E-state index >= 15 is 0 Å². The van der Waals surface area contributed by atoms with Crippen LogP contribution in [0.2, 0.25) is 0 Å². The molecule has 0 aliphatic carbocycles. The van der Waals surface area contributed by atoms with Gasteiger partial charge in [-0.15, -0.1) is 0 Å². The number of carbonyl (C=O) groups excluding carboxylic acids is 1. The smallest absolute Gasteiger partial charge is 0.248 e. The molecule has 1 N–H and O–H groups in total. The van der Waals surface area contributed by atoms with Gasteiger partial charge in [-0.05, 0) is 68.3 Å². The molecule has 0 radical (unpaired) electrons. The Bertz CT molecular complexity index is 799. The Kier molecular flexibility index (Phi) is 8.13. The van der Waals surface area contributed by atoms with Gasteiger partial charge in [0.05, 0.1) is 13.7 Å². The van der Waals surface area contributed by atoms with E-state index in [9.17, 15) is 4.79 Å². The molecule has 1 amide bonds. The molecule has 0 aromatic heterocycles. The first-order valence-electron chi connectivity index (χ1n) is 10.3. The zero-order chi connectivity index (χ0) is 20.3. The lowest BCUT2D eigenvalue weighted by atomic mass is 10.1. The van der Waals surface area contributed by atoms with Crippen molar-refractivity contribution >= 4 is 17.7 Å². The van der Waals surface area contributed by atoms with Crippen LogP contribution in [-0.2, 0) is 4.79 Å². The van der Waals surface area contributed by atoms with Gasteiger partial charge < -0.3 is 19.7 Å². The molecule has 154 valence electrons. The van der Waals surface area contributed by atoms with Crippen molar-refractivity contribution in [2.75, 3.05) is 38.7 Å². The van der Waals surface area contributed by atoms with Gasteiger partial charge in [0.2, 0.25) is 5.91 Å². The third kappa shape index (κ3) is 6.95. The first-order valence-corrected chi connectivity index (χ1v) is 10.3. The van der Waals surface area contributed by atoms with Gasteiger partial charge in [-0.3, -0.25) is 4.79 Å². The average molecular weight is 395 g/mol. The molecule has 2 aromatic rings. The summed E-state index contributed by atoms with van der Waals surface area (Å²) in [7, 11) is 1.63. The molecule has 0 spiro atoms. The number of benzene rings is 2. The summed E-state index contributed by atoms with van der Waals surface area (Å²) in [4.78, 5) is 14.6. The van der Waals surface area contributed by atoms with E-state index in [4.69, 9.17) is 9.47 Å². The third-order valence-electron chi connectivity index (χ3n) is 4.98. The number of nitrogens with zero attached hydrogens (tertiary/aromatic N) is 1. The first kappa shape index (κ1) is 20.9. The van der Waals surface area contributed by atoms with Crippen molar-refractivity contribution in [1.82, 2.24) is 4.90 Å². The molecule has 2 aromatic carbocycles. The second-order valence-corrected chi connectivity index (χ2v) is 7.20. The molecule has 0 unspecified atom stereocenters. The summed E-state index contributed by atoms with van der Waals surface area (Å²) >= 11 is 0. The quantitative estimate of drug-likeness (QED) is 0.499. The van der Waals surface area contributed by atoms with Crippen molar-refractivity contribution in [1.29, 1.82) is 0 Å². The van der Waals surface area contributed by atoms with Crippen LogP contribution in [0.3, 0.4) is 0 Å². The summed E-state index contributed by atoms with van der Waals surface area (Å²) in [6, 6.07) is 15.1. The number of ether oxygens (including phenoxy) is 2. The van der Waals surface area contributed by atoms with Crippen LogP contribution in [0.1, 0.15) is 31.2 Å². The Morgan fingerprint density at radius 1 is 1.07 bits per heavy atom. The molecule has 5 nitrogen and oxygen atoms in total. The van der Waals surface area contributed by atoms with Crippen molar-refractivity contribution in [2.45, 2.75) is 25.7 Å². The van der Waals surface area contributed by atoms with Gasteiger partial charge in [-0.2, -0.15) is 0 Å². The van der Waals surface area contributed by atoms with Crippen LogP contribution in [0, 0.1) is 0 Å². The number of likely N-dealkylation sites (tertiary alicyclic amines) is 1. The molecule has 0 saturated carbocycles. The summed E-state index contributed by atoms with van der Waals surface area (Å²) < 4.78 is 11.4. The Morgan fingerprint density at radius 2 is 1.86 bits per heavy atom. The second kappa shape index (κ2) is 11.3. The molecule has 1 heterocycles. The van der Waals surface area contributed by atoms with Crippen molar-refractivity contribution in [3.05, 3.63) is 60.2 Å². The number of anilines is 1. The molecule has 5 heteroatoms. The summed E-state index contributed by atoms with van der Waals surface area (Å²) in [6.07, 6.45) is 8.27. The van der Waals surface area contributed by atoms with Gasteiger partial charge in [0, 0.05) is 18.3 Å². The highest BCUT2D eigenvalue weighted by Gasteiger charge is 2.10. The summed E-state index contributed by atoms with van der Waals surface area (Å²) in [5.74, 6) is 1.24. The van der Waals surface area contributed by atoms with Crippen molar-refractivity contribution < 1.29 is 14.3 Å². The lowest BCUT2D eigenvalue weighted by molar-refractivity contribution is -0.111. The molecular formula is C24H30N2O3. The zero-order valence-electron chi connectivity index (χ0n) is 17.1. The highest BCUT2D eigenvalue weighted by molar-refractivity contribution is 6.01. The topological polar surface area (TPSA) is 50.8 Å². The van der Waals surface area contributed by atoms with Gasteiger partial charge in [0.25, 0.3) is 0 Å².